The van der Waals surface area contributed by atoms with Crippen molar-refractivity contribution in [3.8, 4) is 0 Å². The number of carbonyl (C=O) groups excluding carboxylic acids is 1. The standard InChI is InChI=1S/C19H18ClNO3/c1-4-21(5-2)14-7-6-12-10-16-15(9-13(12)8-14)18(20)17(11(3)22)19(23)24-16/h6-10H,4-5H2,1-3H3. The fraction of sp³-hybridized carbons (Fsp3) is 0.263. The largest absolute Gasteiger partial charge is 0.422 e. The van der Waals surface area contributed by atoms with Crippen LogP contribution in [0, 0.1) is 0 Å². The van der Waals surface area contributed by atoms with E-state index in [1.165, 1.54) is 6.92 Å². The second-order valence-electron chi connectivity index (χ2n) is 5.69. The van der Waals surface area contributed by atoms with Gasteiger partial charge in [-0.25, -0.2) is 4.79 Å². The normalized spacial score (nSPS) is 11.2. The van der Waals surface area contributed by atoms with Crippen LogP contribution in [0.25, 0.3) is 21.7 Å². The lowest BCUT2D eigenvalue weighted by atomic mass is 10.0. The quantitative estimate of drug-likeness (QED) is 0.393. The number of nitrogens with zero attached hydrogens (tertiary/aromatic N) is 1. The molecule has 0 aliphatic carbocycles. The molecule has 5 heteroatoms. The molecule has 0 bridgehead atoms. The Balaban J connectivity index is 2.31. The Morgan fingerprint density at radius 1 is 1.12 bits per heavy atom. The van der Waals surface area contributed by atoms with Crippen LogP contribution in [0.15, 0.2) is 39.5 Å². The van der Waals surface area contributed by atoms with Crippen molar-refractivity contribution in [3.05, 3.63) is 51.3 Å². The van der Waals surface area contributed by atoms with Crippen LogP contribution in [-0.4, -0.2) is 18.9 Å². The number of carbonyl (C=O) groups is 1. The predicted molar refractivity (Wildman–Crippen MR) is 98.6 cm³/mol. The van der Waals surface area contributed by atoms with Crippen LogP contribution in [0.4, 0.5) is 5.69 Å². The molecule has 0 saturated carbocycles. The van der Waals surface area contributed by atoms with Gasteiger partial charge in [-0.05, 0) is 55.8 Å². The molecule has 2 aromatic carbocycles. The van der Waals surface area contributed by atoms with Gasteiger partial charge in [0.2, 0.25) is 0 Å². The van der Waals surface area contributed by atoms with E-state index in [1.54, 1.807) is 6.07 Å². The van der Waals surface area contributed by atoms with E-state index in [0.29, 0.717) is 11.0 Å². The van der Waals surface area contributed by atoms with E-state index >= 15 is 0 Å². The third-order valence-corrected chi connectivity index (χ3v) is 4.66. The van der Waals surface area contributed by atoms with Gasteiger partial charge in [0.25, 0.3) is 0 Å². The molecular weight excluding hydrogens is 326 g/mol. The molecule has 3 rings (SSSR count). The van der Waals surface area contributed by atoms with Gasteiger partial charge in [-0.2, -0.15) is 0 Å². The van der Waals surface area contributed by atoms with Crippen LogP contribution in [0.5, 0.6) is 0 Å². The van der Waals surface area contributed by atoms with Crippen LogP contribution in [0.3, 0.4) is 0 Å². The second-order valence-corrected chi connectivity index (χ2v) is 6.06. The van der Waals surface area contributed by atoms with Gasteiger partial charge in [0.05, 0.1) is 5.02 Å². The summed E-state index contributed by atoms with van der Waals surface area (Å²) in [5, 5.41) is 2.67. The molecule has 0 aliphatic rings. The maximum Gasteiger partial charge on any atom is 0.348 e. The van der Waals surface area contributed by atoms with Crippen LogP contribution in [0.2, 0.25) is 5.02 Å². The van der Waals surface area contributed by atoms with E-state index in [1.807, 2.05) is 18.2 Å². The minimum Gasteiger partial charge on any atom is -0.422 e. The van der Waals surface area contributed by atoms with E-state index in [0.717, 1.165) is 29.5 Å². The number of rotatable bonds is 4. The Kier molecular flexibility index (Phi) is 4.33. The summed E-state index contributed by atoms with van der Waals surface area (Å²) in [6.07, 6.45) is 0. The van der Waals surface area contributed by atoms with Crippen molar-refractivity contribution in [1.29, 1.82) is 0 Å². The molecule has 124 valence electrons. The fourth-order valence-corrected chi connectivity index (χ4v) is 3.34. The number of benzene rings is 2. The van der Waals surface area contributed by atoms with E-state index in [9.17, 15) is 9.59 Å². The van der Waals surface area contributed by atoms with Gasteiger partial charge in [-0.3, -0.25) is 4.79 Å². The van der Waals surface area contributed by atoms with Crippen molar-refractivity contribution in [2.24, 2.45) is 0 Å². The lowest BCUT2D eigenvalue weighted by molar-refractivity contribution is 0.101. The summed E-state index contributed by atoms with van der Waals surface area (Å²) in [4.78, 5) is 25.9. The van der Waals surface area contributed by atoms with Crippen LogP contribution in [0.1, 0.15) is 31.1 Å². The molecule has 0 N–H and O–H groups in total. The zero-order valence-electron chi connectivity index (χ0n) is 13.9. The Hall–Kier alpha value is -2.33. The van der Waals surface area contributed by atoms with Crippen LogP contribution in [-0.2, 0) is 0 Å². The number of fused-ring (bicyclic) bond motifs is 2. The molecule has 0 spiro atoms. The lowest BCUT2D eigenvalue weighted by Crippen LogP contribution is -2.21. The second kappa shape index (κ2) is 6.29. The first-order valence-corrected chi connectivity index (χ1v) is 8.30. The van der Waals surface area contributed by atoms with E-state index < -0.39 is 11.4 Å². The van der Waals surface area contributed by atoms with Crippen LogP contribution >= 0.6 is 11.6 Å². The van der Waals surface area contributed by atoms with Gasteiger partial charge in [0.1, 0.15) is 11.1 Å². The molecule has 0 unspecified atom stereocenters. The molecule has 0 aliphatic heterocycles. The van der Waals surface area contributed by atoms with Crippen molar-refractivity contribution in [2.75, 3.05) is 18.0 Å². The molecule has 4 nitrogen and oxygen atoms in total. The summed E-state index contributed by atoms with van der Waals surface area (Å²) < 4.78 is 5.29. The number of hydrogen-bond donors (Lipinski definition) is 0. The molecule has 1 heterocycles. The molecule has 0 atom stereocenters. The van der Waals surface area contributed by atoms with Gasteiger partial charge in [-0.15, -0.1) is 0 Å². The number of ketones is 1. The smallest absolute Gasteiger partial charge is 0.348 e. The zero-order valence-corrected chi connectivity index (χ0v) is 14.6. The van der Waals surface area contributed by atoms with Crippen LogP contribution < -0.4 is 10.5 Å². The first-order chi connectivity index (χ1) is 11.5. The average molecular weight is 344 g/mol. The zero-order chi connectivity index (χ0) is 17.4. The summed E-state index contributed by atoms with van der Waals surface area (Å²) in [7, 11) is 0. The summed E-state index contributed by atoms with van der Waals surface area (Å²) in [5.41, 5.74) is 0.716. The van der Waals surface area contributed by atoms with Crippen molar-refractivity contribution in [3.63, 3.8) is 0 Å². The predicted octanol–water partition coefficient (Wildman–Crippen LogP) is 4.65. The Morgan fingerprint density at radius 3 is 2.46 bits per heavy atom. The number of anilines is 1. The van der Waals surface area contributed by atoms with Crippen molar-refractivity contribution in [1.82, 2.24) is 0 Å². The molecule has 0 radical (unpaired) electrons. The highest BCUT2D eigenvalue weighted by Gasteiger charge is 2.17. The van der Waals surface area contributed by atoms with Gasteiger partial charge in [0, 0.05) is 24.2 Å². The molecular formula is C19H18ClNO3. The summed E-state index contributed by atoms with van der Waals surface area (Å²) in [5.74, 6) is -0.396. The van der Waals surface area contributed by atoms with Gasteiger partial charge < -0.3 is 9.32 Å². The minimum atomic E-state index is -0.695. The molecule has 0 amide bonds. The van der Waals surface area contributed by atoms with E-state index in [4.69, 9.17) is 16.0 Å². The summed E-state index contributed by atoms with van der Waals surface area (Å²) in [6, 6.07) is 9.78. The number of halogens is 1. The molecule has 0 saturated heterocycles. The van der Waals surface area contributed by atoms with E-state index in [-0.39, 0.29) is 10.6 Å². The van der Waals surface area contributed by atoms with E-state index in [2.05, 4.69) is 24.8 Å². The molecule has 0 fully saturated rings. The minimum absolute atomic E-state index is 0.0941. The maximum atomic E-state index is 12.0. The highest BCUT2D eigenvalue weighted by Crippen LogP contribution is 2.31. The SMILES string of the molecule is CCN(CC)c1ccc2cc3oc(=O)c(C(C)=O)c(Cl)c3cc2c1. The lowest BCUT2D eigenvalue weighted by Gasteiger charge is -2.21. The third-order valence-electron chi connectivity index (χ3n) is 4.27. The van der Waals surface area contributed by atoms with Crippen molar-refractivity contribution in [2.45, 2.75) is 20.8 Å². The Labute approximate surface area is 144 Å². The summed E-state index contributed by atoms with van der Waals surface area (Å²) >= 11 is 6.31. The molecule has 24 heavy (non-hydrogen) atoms. The monoisotopic (exact) mass is 343 g/mol. The van der Waals surface area contributed by atoms with Gasteiger partial charge in [-0.1, -0.05) is 17.7 Å². The highest BCUT2D eigenvalue weighted by molar-refractivity contribution is 6.38. The molecule has 3 aromatic rings. The Bertz CT molecular complexity index is 1000. The van der Waals surface area contributed by atoms with Gasteiger partial charge in [0.15, 0.2) is 5.78 Å². The topological polar surface area (TPSA) is 50.5 Å². The Morgan fingerprint density at radius 2 is 1.83 bits per heavy atom. The third kappa shape index (κ3) is 2.67. The number of Topliss-reactive ketones (excluding diaryl/α,β-unsaturated/α-hetero) is 1. The van der Waals surface area contributed by atoms with Crippen molar-refractivity contribution >= 4 is 44.8 Å². The maximum absolute atomic E-state index is 12.0. The first kappa shape index (κ1) is 16.5. The fourth-order valence-electron chi connectivity index (χ4n) is 2.98. The van der Waals surface area contributed by atoms with Gasteiger partial charge >= 0.3 is 5.63 Å². The summed E-state index contributed by atoms with van der Waals surface area (Å²) in [6.45, 7) is 7.36. The van der Waals surface area contributed by atoms with Crippen molar-refractivity contribution < 1.29 is 9.21 Å². The number of hydrogen-bond acceptors (Lipinski definition) is 4. The average Bonchev–Trinajstić information content (AvgIpc) is 2.54. The highest BCUT2D eigenvalue weighted by atomic mass is 35.5. The first-order valence-electron chi connectivity index (χ1n) is 7.92. The molecule has 1 aromatic heterocycles.